The van der Waals surface area contributed by atoms with Crippen molar-refractivity contribution < 1.29 is 51.7 Å². The lowest BCUT2D eigenvalue weighted by atomic mass is 10.2. The fourth-order valence-electron chi connectivity index (χ4n) is 3.07. The van der Waals surface area contributed by atoms with Crippen molar-refractivity contribution in [3.8, 4) is 0 Å². The molecule has 0 spiro atoms. The summed E-state index contributed by atoms with van der Waals surface area (Å²) in [5, 5.41) is 0. The molecule has 2 rings (SSSR count). The number of hydrogen-bond donors (Lipinski definition) is 1. The molecule has 0 aliphatic carbocycles. The first-order valence-corrected chi connectivity index (χ1v) is 14.4. The zero-order valence-electron chi connectivity index (χ0n) is 23.5. The van der Waals surface area contributed by atoms with Gasteiger partial charge in [0.15, 0.2) is 0 Å². The molecular weight excluding hydrogens is 573 g/mol. The molecule has 42 heavy (non-hydrogen) atoms. The van der Waals surface area contributed by atoms with Crippen LogP contribution in [0.2, 0.25) is 0 Å². The second kappa shape index (κ2) is 19.1. The van der Waals surface area contributed by atoms with Crippen molar-refractivity contribution in [2.45, 2.75) is 12.8 Å². The van der Waals surface area contributed by atoms with Gasteiger partial charge in [-0.1, -0.05) is 60.7 Å². The molecule has 0 aromatic heterocycles. The van der Waals surface area contributed by atoms with Gasteiger partial charge in [-0.15, -0.1) is 4.76 Å². The van der Waals surface area contributed by atoms with E-state index in [2.05, 4.69) is 9.50 Å². The Balaban J connectivity index is 1.80. The summed E-state index contributed by atoms with van der Waals surface area (Å²) >= 11 is 0. The molecule has 14 nitrogen and oxygen atoms in total. The van der Waals surface area contributed by atoms with E-state index in [-0.39, 0.29) is 38.9 Å². The molecule has 2 N–H and O–H groups in total. The van der Waals surface area contributed by atoms with E-state index in [4.69, 9.17) is 33.7 Å². The van der Waals surface area contributed by atoms with E-state index in [1.165, 1.54) is 14.2 Å². The van der Waals surface area contributed by atoms with Crippen LogP contribution in [0.25, 0.3) is 0 Å². The van der Waals surface area contributed by atoms with Crippen molar-refractivity contribution in [3.63, 3.8) is 0 Å². The second-order valence-corrected chi connectivity index (χ2v) is 10.0. The Labute approximate surface area is 244 Å². The minimum absolute atomic E-state index is 0.105. The van der Waals surface area contributed by atoms with Crippen LogP contribution in [0.1, 0.15) is 11.1 Å². The number of benzene rings is 2. The molecule has 0 heterocycles. The third kappa shape index (κ3) is 14.5. The normalized spacial score (nSPS) is 11.3. The summed E-state index contributed by atoms with van der Waals surface area (Å²) in [5.41, 5.74) is 7.82. The zero-order chi connectivity index (χ0) is 30.6. The van der Waals surface area contributed by atoms with Crippen molar-refractivity contribution in [2.24, 2.45) is 10.5 Å². The van der Waals surface area contributed by atoms with Crippen LogP contribution in [0.5, 0.6) is 0 Å². The largest absolute Gasteiger partial charge is 0.508 e. The van der Waals surface area contributed by atoms with Crippen molar-refractivity contribution in [3.05, 3.63) is 71.8 Å². The van der Waals surface area contributed by atoms with Crippen LogP contribution >= 0.6 is 7.75 Å². The maximum absolute atomic E-state index is 13.2. The van der Waals surface area contributed by atoms with Crippen LogP contribution in [0, 0.1) is 0 Å². The zero-order valence-corrected chi connectivity index (χ0v) is 24.4. The summed E-state index contributed by atoms with van der Waals surface area (Å²) in [6, 6.07) is 18.8. The Morgan fingerprint density at radius 1 is 0.738 bits per heavy atom. The first-order valence-electron chi connectivity index (χ1n) is 12.9. The number of rotatable bonds is 17. The number of carbonyl (C=O) groups excluding carboxylic acids is 3. The molecule has 0 saturated carbocycles. The number of guanidine groups is 1. The van der Waals surface area contributed by atoms with Gasteiger partial charge in [0, 0.05) is 19.9 Å². The van der Waals surface area contributed by atoms with Gasteiger partial charge in [0.05, 0.1) is 33.5 Å². The summed E-state index contributed by atoms with van der Waals surface area (Å²) in [4.78, 5) is 36.3. The second-order valence-electron chi connectivity index (χ2n) is 8.39. The number of methoxy groups -OCH3 is 1. The van der Waals surface area contributed by atoms with Crippen LogP contribution in [-0.2, 0) is 54.9 Å². The van der Waals surface area contributed by atoms with Gasteiger partial charge in [-0.3, -0.25) is 13.8 Å². The molecule has 0 saturated heterocycles. The van der Waals surface area contributed by atoms with Crippen molar-refractivity contribution in [1.82, 2.24) is 4.90 Å². The molecule has 0 radical (unpaired) electrons. The molecule has 15 heteroatoms. The lowest BCUT2D eigenvalue weighted by Crippen LogP contribution is -2.38. The molecule has 2 aromatic carbocycles. The van der Waals surface area contributed by atoms with Crippen LogP contribution in [0.3, 0.4) is 0 Å². The van der Waals surface area contributed by atoms with Crippen molar-refractivity contribution in [1.29, 1.82) is 0 Å². The minimum Gasteiger partial charge on any atom is -0.468 e. The Morgan fingerprint density at radius 3 is 1.60 bits per heavy atom. The van der Waals surface area contributed by atoms with Crippen LogP contribution in [0.4, 0.5) is 9.59 Å². The number of ether oxygens (including phenoxy) is 5. The van der Waals surface area contributed by atoms with Crippen LogP contribution < -0.4 is 5.73 Å². The van der Waals surface area contributed by atoms with Gasteiger partial charge >= 0.3 is 26.0 Å². The number of likely N-dealkylation sites (N-methyl/N-ethyl adjacent to an activating group) is 1. The standard InChI is InChI=1S/C27H36N3O11P/c1-30(21-24(31)35-2)25(28)29-42(34,40-19-17-38-26(32)36-15-13-22-9-5-3-6-10-22)41-20-18-39-27(33)37-16-14-23-11-7-4-8-12-23/h3-12H,13-21H2,1-2H3,(H2,28,29,34). The van der Waals surface area contributed by atoms with E-state index >= 15 is 0 Å². The van der Waals surface area contributed by atoms with E-state index in [1.54, 1.807) is 0 Å². The van der Waals surface area contributed by atoms with E-state index in [9.17, 15) is 18.9 Å². The fraction of sp³-hybridized carbons (Fsp3) is 0.407. The highest BCUT2D eigenvalue weighted by molar-refractivity contribution is 7.52. The van der Waals surface area contributed by atoms with Crippen molar-refractivity contribution >= 4 is 32.0 Å². The molecule has 0 amide bonds. The van der Waals surface area contributed by atoms with E-state index in [1.807, 2.05) is 60.7 Å². The van der Waals surface area contributed by atoms with E-state index < -0.39 is 39.2 Å². The topological polar surface area (TPSA) is 175 Å². The Bertz CT molecular complexity index is 1110. The van der Waals surface area contributed by atoms with E-state index in [0.717, 1.165) is 16.0 Å². The third-order valence-electron chi connectivity index (χ3n) is 5.23. The van der Waals surface area contributed by atoms with Gasteiger partial charge in [-0.05, 0) is 11.1 Å². The Hall–Kier alpha value is -4.13. The predicted molar refractivity (Wildman–Crippen MR) is 151 cm³/mol. The van der Waals surface area contributed by atoms with Gasteiger partial charge in [-0.2, -0.15) is 0 Å². The first-order chi connectivity index (χ1) is 20.2. The van der Waals surface area contributed by atoms with Crippen LogP contribution in [0.15, 0.2) is 65.4 Å². The number of nitrogens with two attached hydrogens (primary N) is 1. The molecule has 0 aliphatic heterocycles. The maximum atomic E-state index is 13.2. The summed E-state index contributed by atoms with van der Waals surface area (Å²) in [6.45, 7) is -1.55. The number of esters is 1. The summed E-state index contributed by atoms with van der Waals surface area (Å²) in [7, 11) is -1.72. The van der Waals surface area contributed by atoms with Gasteiger partial charge in [-0.25, -0.2) is 14.2 Å². The molecule has 230 valence electrons. The molecule has 0 bridgehead atoms. The average molecular weight is 610 g/mol. The predicted octanol–water partition coefficient (Wildman–Crippen LogP) is 3.34. The molecule has 0 fully saturated rings. The minimum atomic E-state index is -4.32. The molecule has 0 unspecified atom stereocenters. The smallest absolute Gasteiger partial charge is 0.468 e. The molecule has 2 aromatic rings. The Kier molecular flexibility index (Phi) is 15.5. The fourth-order valence-corrected chi connectivity index (χ4v) is 4.27. The maximum Gasteiger partial charge on any atom is 0.508 e. The third-order valence-corrected chi connectivity index (χ3v) is 6.70. The van der Waals surface area contributed by atoms with Gasteiger partial charge < -0.3 is 34.3 Å². The lowest BCUT2D eigenvalue weighted by Gasteiger charge is -2.19. The molecular formula is C27H36N3O11P. The van der Waals surface area contributed by atoms with Gasteiger partial charge in [0.25, 0.3) is 0 Å². The van der Waals surface area contributed by atoms with Gasteiger partial charge in [0.1, 0.15) is 19.8 Å². The van der Waals surface area contributed by atoms with Gasteiger partial charge in [0.2, 0.25) is 5.96 Å². The highest BCUT2D eigenvalue weighted by Gasteiger charge is 2.27. The molecule has 0 aliphatic rings. The molecule has 0 atom stereocenters. The Morgan fingerprint density at radius 2 is 1.17 bits per heavy atom. The quantitative estimate of drug-likeness (QED) is 0.0691. The number of nitrogens with zero attached hydrogens (tertiary/aromatic N) is 2. The van der Waals surface area contributed by atoms with E-state index in [0.29, 0.717) is 12.8 Å². The van der Waals surface area contributed by atoms with Crippen molar-refractivity contribution in [2.75, 3.05) is 60.3 Å². The summed E-state index contributed by atoms with van der Waals surface area (Å²) < 4.78 is 51.9. The highest BCUT2D eigenvalue weighted by atomic mass is 31.2. The lowest BCUT2D eigenvalue weighted by molar-refractivity contribution is -0.140. The average Bonchev–Trinajstić information content (AvgIpc) is 2.98. The number of carbonyl (C=O) groups is 3. The SMILES string of the molecule is COC(=O)CN(C)/C(N)=N\P(=O)(OCCOC(=O)OCCc1ccccc1)OCCOC(=O)OCCc1ccccc1. The van der Waals surface area contributed by atoms with Crippen LogP contribution in [-0.4, -0.2) is 89.5 Å². The first kappa shape index (κ1) is 34.1. The highest BCUT2D eigenvalue weighted by Crippen LogP contribution is 2.49. The number of hydrogen-bond acceptors (Lipinski definition) is 11. The summed E-state index contributed by atoms with van der Waals surface area (Å²) in [6.07, 6.45) is -0.869. The monoisotopic (exact) mass is 609 g/mol. The summed E-state index contributed by atoms with van der Waals surface area (Å²) in [5.74, 6) is -0.975.